The van der Waals surface area contributed by atoms with Crippen LogP contribution in [0.5, 0.6) is 0 Å². The van der Waals surface area contributed by atoms with Crippen molar-refractivity contribution in [3.8, 4) is 0 Å². The number of nitrogens with one attached hydrogen (secondary N) is 2. The number of hydrogen-bond donors (Lipinski definition) is 2. The highest BCUT2D eigenvalue weighted by Gasteiger charge is 2.39. The van der Waals surface area contributed by atoms with Crippen molar-refractivity contribution >= 4 is 17.7 Å². The second kappa shape index (κ2) is 5.61. The summed E-state index contributed by atoms with van der Waals surface area (Å²) in [5, 5.41) is 6.42. The van der Waals surface area contributed by atoms with Crippen molar-refractivity contribution in [2.24, 2.45) is 5.92 Å². The lowest BCUT2D eigenvalue weighted by Gasteiger charge is -2.26. The van der Waals surface area contributed by atoms with Gasteiger partial charge in [-0.15, -0.1) is 11.8 Å². The van der Waals surface area contributed by atoms with Crippen molar-refractivity contribution in [1.82, 2.24) is 10.6 Å². The molecule has 1 unspecified atom stereocenters. The van der Waals surface area contributed by atoms with Crippen molar-refractivity contribution in [1.29, 1.82) is 0 Å². The summed E-state index contributed by atoms with van der Waals surface area (Å²) in [7, 11) is 0. The largest absolute Gasteiger partial charge is 0.354 e. The van der Waals surface area contributed by atoms with E-state index in [0.717, 1.165) is 12.4 Å². The zero-order valence-electron chi connectivity index (χ0n) is 10.9. The summed E-state index contributed by atoms with van der Waals surface area (Å²) in [6, 6.07) is -0.0314. The van der Waals surface area contributed by atoms with Gasteiger partial charge in [0.2, 0.25) is 5.91 Å². The Bertz CT molecular complexity index is 275. The Morgan fingerprint density at radius 1 is 1.35 bits per heavy atom. The first-order chi connectivity index (χ1) is 8.09. The predicted octanol–water partition coefficient (Wildman–Crippen LogP) is 2.12. The smallest absolute Gasteiger partial charge is 0.238 e. The second-order valence-electron chi connectivity index (χ2n) is 5.78. The molecule has 0 radical (unpaired) electrons. The van der Waals surface area contributed by atoms with Gasteiger partial charge in [0.1, 0.15) is 6.04 Å². The summed E-state index contributed by atoms with van der Waals surface area (Å²) in [6.07, 6.45) is 6.62. The van der Waals surface area contributed by atoms with Gasteiger partial charge in [0.25, 0.3) is 0 Å². The maximum Gasteiger partial charge on any atom is 0.238 e. The summed E-state index contributed by atoms with van der Waals surface area (Å²) in [5.41, 5.74) is 0. The Hall–Kier alpha value is -0.220. The third-order valence-corrected chi connectivity index (χ3v) is 5.27. The molecule has 3 nitrogen and oxygen atoms in total. The summed E-state index contributed by atoms with van der Waals surface area (Å²) >= 11 is 1.83. The molecule has 1 saturated heterocycles. The van der Waals surface area contributed by atoms with Crippen LogP contribution >= 0.6 is 11.8 Å². The summed E-state index contributed by atoms with van der Waals surface area (Å²) < 4.78 is 0.0245. The molecular formula is C13H24N2OS. The molecule has 2 fully saturated rings. The lowest BCUT2D eigenvalue weighted by Crippen LogP contribution is -2.50. The Morgan fingerprint density at radius 3 is 2.65 bits per heavy atom. The molecule has 0 aromatic carbocycles. The van der Waals surface area contributed by atoms with Crippen LogP contribution in [0, 0.1) is 5.92 Å². The van der Waals surface area contributed by atoms with Crippen LogP contribution in [0.15, 0.2) is 0 Å². The molecule has 1 saturated carbocycles. The normalized spacial score (nSPS) is 29.2. The molecule has 2 rings (SSSR count). The standard InChI is InChI=1S/C13H24N2OS/c1-13(2)11(15-9-17-13)12(16)14-8-10-6-4-3-5-7-10/h10-11,15H,3-9H2,1-2H3,(H,14,16). The highest BCUT2D eigenvalue weighted by molar-refractivity contribution is 8.00. The van der Waals surface area contributed by atoms with Gasteiger partial charge in [-0.1, -0.05) is 19.3 Å². The van der Waals surface area contributed by atoms with E-state index in [1.54, 1.807) is 0 Å². The molecule has 0 bridgehead atoms. The van der Waals surface area contributed by atoms with Crippen LogP contribution in [0.1, 0.15) is 46.0 Å². The van der Waals surface area contributed by atoms with E-state index in [9.17, 15) is 4.79 Å². The van der Waals surface area contributed by atoms with E-state index in [2.05, 4.69) is 24.5 Å². The molecule has 2 N–H and O–H groups in total. The zero-order valence-corrected chi connectivity index (χ0v) is 11.7. The van der Waals surface area contributed by atoms with E-state index in [0.29, 0.717) is 5.92 Å². The minimum absolute atomic E-state index is 0.0245. The van der Waals surface area contributed by atoms with Crippen molar-refractivity contribution < 1.29 is 4.79 Å². The number of rotatable bonds is 3. The fraction of sp³-hybridized carbons (Fsp3) is 0.923. The number of amides is 1. The minimum Gasteiger partial charge on any atom is -0.354 e. The van der Waals surface area contributed by atoms with Crippen LogP contribution in [-0.2, 0) is 4.79 Å². The summed E-state index contributed by atoms with van der Waals surface area (Å²) in [4.78, 5) is 12.1. The minimum atomic E-state index is -0.0314. The molecule has 0 aromatic rings. The Morgan fingerprint density at radius 2 is 2.06 bits per heavy atom. The molecule has 1 aliphatic carbocycles. The van der Waals surface area contributed by atoms with Crippen LogP contribution < -0.4 is 10.6 Å². The highest BCUT2D eigenvalue weighted by atomic mass is 32.2. The first-order valence-electron chi connectivity index (χ1n) is 6.74. The monoisotopic (exact) mass is 256 g/mol. The summed E-state index contributed by atoms with van der Waals surface area (Å²) in [5.74, 6) is 1.78. The van der Waals surface area contributed by atoms with Crippen LogP contribution in [-0.4, -0.2) is 29.1 Å². The molecule has 17 heavy (non-hydrogen) atoms. The van der Waals surface area contributed by atoms with Gasteiger partial charge in [0.15, 0.2) is 0 Å². The van der Waals surface area contributed by atoms with Gasteiger partial charge in [-0.2, -0.15) is 0 Å². The Kier molecular flexibility index (Phi) is 4.36. The topological polar surface area (TPSA) is 41.1 Å². The average molecular weight is 256 g/mol. The van der Waals surface area contributed by atoms with E-state index >= 15 is 0 Å². The van der Waals surface area contributed by atoms with E-state index in [1.165, 1.54) is 32.1 Å². The predicted molar refractivity (Wildman–Crippen MR) is 73.0 cm³/mol. The molecule has 1 aliphatic heterocycles. The zero-order chi connectivity index (χ0) is 12.3. The van der Waals surface area contributed by atoms with Gasteiger partial charge in [-0.25, -0.2) is 0 Å². The number of thioether (sulfide) groups is 1. The maximum absolute atomic E-state index is 12.1. The molecule has 2 aliphatic rings. The highest BCUT2D eigenvalue weighted by Crippen LogP contribution is 2.33. The number of carbonyl (C=O) groups is 1. The third-order valence-electron chi connectivity index (χ3n) is 3.98. The Labute approximate surface area is 108 Å². The lowest BCUT2D eigenvalue weighted by atomic mass is 9.89. The van der Waals surface area contributed by atoms with E-state index in [4.69, 9.17) is 0 Å². The van der Waals surface area contributed by atoms with E-state index in [1.807, 2.05) is 11.8 Å². The molecule has 0 aromatic heterocycles. The SMILES string of the molecule is CC1(C)SCNC1C(=O)NCC1CCCCC1. The average Bonchev–Trinajstić information content (AvgIpc) is 2.67. The fourth-order valence-corrected chi connectivity index (χ4v) is 3.77. The van der Waals surface area contributed by atoms with Gasteiger partial charge >= 0.3 is 0 Å². The molecule has 1 atom stereocenters. The fourth-order valence-electron chi connectivity index (χ4n) is 2.79. The summed E-state index contributed by atoms with van der Waals surface area (Å²) in [6.45, 7) is 5.16. The van der Waals surface area contributed by atoms with Crippen molar-refractivity contribution in [3.05, 3.63) is 0 Å². The lowest BCUT2D eigenvalue weighted by molar-refractivity contribution is -0.123. The molecule has 0 spiro atoms. The second-order valence-corrected chi connectivity index (χ2v) is 7.41. The van der Waals surface area contributed by atoms with Crippen LogP contribution in [0.3, 0.4) is 0 Å². The molecule has 98 valence electrons. The van der Waals surface area contributed by atoms with Gasteiger partial charge in [0, 0.05) is 17.2 Å². The quantitative estimate of drug-likeness (QED) is 0.813. The van der Waals surface area contributed by atoms with Gasteiger partial charge in [-0.3, -0.25) is 10.1 Å². The van der Waals surface area contributed by atoms with Crippen LogP contribution in [0.25, 0.3) is 0 Å². The molecule has 1 heterocycles. The molecular weight excluding hydrogens is 232 g/mol. The van der Waals surface area contributed by atoms with Gasteiger partial charge in [-0.05, 0) is 32.6 Å². The third kappa shape index (κ3) is 3.38. The van der Waals surface area contributed by atoms with Gasteiger partial charge in [0.05, 0.1) is 0 Å². The van der Waals surface area contributed by atoms with Gasteiger partial charge < -0.3 is 5.32 Å². The number of carbonyl (C=O) groups excluding carboxylic acids is 1. The number of hydrogen-bond acceptors (Lipinski definition) is 3. The molecule has 1 amide bonds. The van der Waals surface area contributed by atoms with Crippen molar-refractivity contribution in [2.75, 3.05) is 12.4 Å². The molecule has 4 heteroatoms. The maximum atomic E-state index is 12.1. The van der Waals surface area contributed by atoms with Crippen molar-refractivity contribution in [3.63, 3.8) is 0 Å². The van der Waals surface area contributed by atoms with Crippen LogP contribution in [0.4, 0.5) is 0 Å². The first-order valence-corrected chi connectivity index (χ1v) is 7.73. The van der Waals surface area contributed by atoms with Crippen LogP contribution in [0.2, 0.25) is 0 Å². The Balaban J connectivity index is 1.77. The van der Waals surface area contributed by atoms with E-state index in [-0.39, 0.29) is 16.7 Å². The van der Waals surface area contributed by atoms with E-state index < -0.39 is 0 Å². The van der Waals surface area contributed by atoms with Crippen molar-refractivity contribution in [2.45, 2.75) is 56.7 Å². The first kappa shape index (κ1) is 13.2.